The summed E-state index contributed by atoms with van der Waals surface area (Å²) in [5, 5.41) is 13.3. The molecule has 2 aromatic carbocycles. The van der Waals surface area contributed by atoms with Gasteiger partial charge in [0.15, 0.2) is 0 Å². The Morgan fingerprint density at radius 1 is 1.33 bits per heavy atom. The van der Waals surface area contributed by atoms with Crippen molar-refractivity contribution in [2.45, 2.75) is 6.42 Å². The highest BCUT2D eigenvalue weighted by Crippen LogP contribution is 2.27. The fourth-order valence-electron chi connectivity index (χ4n) is 3.12. The number of nitrogens with zero attached hydrogens (tertiary/aromatic N) is 2. The third-order valence-corrected chi connectivity index (χ3v) is 4.80. The van der Waals surface area contributed by atoms with E-state index in [0.717, 1.165) is 12.1 Å². The topological polar surface area (TPSA) is 62.1 Å². The smallest absolute Gasteiger partial charge is 0.307 e. The molecule has 1 aliphatic heterocycles. The van der Waals surface area contributed by atoms with Crippen LogP contribution < -0.4 is 0 Å². The van der Waals surface area contributed by atoms with Gasteiger partial charge in [0.25, 0.3) is 0 Å². The van der Waals surface area contributed by atoms with E-state index in [0.29, 0.717) is 42.3 Å². The maximum Gasteiger partial charge on any atom is 0.307 e. The Bertz CT molecular complexity index is 844. The summed E-state index contributed by atoms with van der Waals surface area (Å²) >= 11 is 5.82. The molecule has 7 heteroatoms. The van der Waals surface area contributed by atoms with Crippen molar-refractivity contribution in [2.24, 2.45) is 11.1 Å². The molecule has 1 fully saturated rings. The summed E-state index contributed by atoms with van der Waals surface area (Å²) in [6.07, 6.45) is 2.21. The van der Waals surface area contributed by atoms with Crippen molar-refractivity contribution in [2.75, 3.05) is 26.2 Å². The molecule has 142 valence electrons. The lowest BCUT2D eigenvalue weighted by atomic mass is 10.00. The Morgan fingerprint density at radius 2 is 2.15 bits per heavy atom. The molecule has 1 aliphatic rings. The van der Waals surface area contributed by atoms with Gasteiger partial charge in [-0.3, -0.25) is 9.69 Å². The van der Waals surface area contributed by atoms with Crippen LogP contribution in [-0.2, 0) is 9.63 Å². The largest absolute Gasteiger partial charge is 0.481 e. The molecule has 0 amide bonds. The summed E-state index contributed by atoms with van der Waals surface area (Å²) in [5.74, 6) is -1.44. The minimum Gasteiger partial charge on any atom is -0.481 e. The highest BCUT2D eigenvalue weighted by molar-refractivity contribution is 6.30. The van der Waals surface area contributed by atoms with Gasteiger partial charge in [-0.05, 0) is 36.7 Å². The van der Waals surface area contributed by atoms with Gasteiger partial charge in [-0.2, -0.15) is 0 Å². The zero-order valence-electron chi connectivity index (χ0n) is 14.6. The second kappa shape index (κ2) is 8.97. The summed E-state index contributed by atoms with van der Waals surface area (Å²) in [6.45, 7) is 2.28. The van der Waals surface area contributed by atoms with Crippen LogP contribution in [0.1, 0.15) is 12.0 Å². The Hall–Kier alpha value is -2.44. The molecule has 0 spiro atoms. The molecular formula is C20H20ClFN2O3. The van der Waals surface area contributed by atoms with Crippen LogP contribution in [0.2, 0.25) is 5.02 Å². The second-order valence-corrected chi connectivity index (χ2v) is 6.84. The number of likely N-dealkylation sites (tertiary alicyclic amines) is 1. The SMILES string of the molecule is O=C(O)C1CCN(CCO/N=C/c2ccccc2-c2ccc(Cl)cc2F)C1. The lowest BCUT2D eigenvalue weighted by Gasteiger charge is -2.13. The number of oxime groups is 1. The molecule has 1 atom stereocenters. The van der Waals surface area contributed by atoms with Crippen molar-refractivity contribution in [3.05, 3.63) is 58.9 Å². The fraction of sp³-hybridized carbons (Fsp3) is 0.300. The molecule has 27 heavy (non-hydrogen) atoms. The molecular weight excluding hydrogens is 371 g/mol. The monoisotopic (exact) mass is 390 g/mol. The van der Waals surface area contributed by atoms with E-state index in [2.05, 4.69) is 5.16 Å². The van der Waals surface area contributed by atoms with Gasteiger partial charge >= 0.3 is 5.97 Å². The summed E-state index contributed by atoms with van der Waals surface area (Å²) in [4.78, 5) is 18.3. The van der Waals surface area contributed by atoms with E-state index in [1.807, 2.05) is 29.2 Å². The van der Waals surface area contributed by atoms with Crippen LogP contribution in [0, 0.1) is 11.7 Å². The summed E-state index contributed by atoms with van der Waals surface area (Å²) in [5.41, 5.74) is 1.87. The van der Waals surface area contributed by atoms with Gasteiger partial charge in [0.2, 0.25) is 0 Å². The van der Waals surface area contributed by atoms with Gasteiger partial charge in [0.1, 0.15) is 12.4 Å². The van der Waals surface area contributed by atoms with Crippen LogP contribution in [0.25, 0.3) is 11.1 Å². The molecule has 0 aromatic heterocycles. The molecule has 0 aliphatic carbocycles. The van der Waals surface area contributed by atoms with Crippen LogP contribution >= 0.6 is 11.6 Å². The predicted molar refractivity (Wildman–Crippen MR) is 103 cm³/mol. The van der Waals surface area contributed by atoms with E-state index in [1.165, 1.54) is 6.07 Å². The molecule has 1 unspecified atom stereocenters. The van der Waals surface area contributed by atoms with E-state index >= 15 is 0 Å². The van der Waals surface area contributed by atoms with E-state index < -0.39 is 11.8 Å². The number of halogens is 2. The van der Waals surface area contributed by atoms with Crippen molar-refractivity contribution < 1.29 is 19.1 Å². The third kappa shape index (κ3) is 5.05. The van der Waals surface area contributed by atoms with Gasteiger partial charge in [-0.15, -0.1) is 0 Å². The van der Waals surface area contributed by atoms with Crippen molar-refractivity contribution in [3.63, 3.8) is 0 Å². The summed E-state index contributed by atoms with van der Waals surface area (Å²) < 4.78 is 14.2. The minimum atomic E-state index is -0.748. The van der Waals surface area contributed by atoms with Crippen molar-refractivity contribution in [3.8, 4) is 11.1 Å². The molecule has 3 rings (SSSR count). The highest BCUT2D eigenvalue weighted by atomic mass is 35.5. The molecule has 0 bridgehead atoms. The number of hydrogen-bond donors (Lipinski definition) is 1. The van der Waals surface area contributed by atoms with Gasteiger partial charge in [-0.25, -0.2) is 4.39 Å². The molecule has 5 nitrogen and oxygen atoms in total. The van der Waals surface area contributed by atoms with Gasteiger partial charge in [0.05, 0.1) is 12.1 Å². The Labute approximate surface area is 162 Å². The average Bonchev–Trinajstić information content (AvgIpc) is 3.11. The zero-order valence-corrected chi connectivity index (χ0v) is 15.4. The lowest BCUT2D eigenvalue weighted by molar-refractivity contribution is -0.141. The number of aliphatic carboxylic acids is 1. The van der Waals surface area contributed by atoms with E-state index in [9.17, 15) is 9.18 Å². The average molecular weight is 391 g/mol. The molecule has 1 saturated heterocycles. The number of carboxylic acid groups (broad SMARTS) is 1. The van der Waals surface area contributed by atoms with Crippen LogP contribution in [0.5, 0.6) is 0 Å². The quantitative estimate of drug-likeness (QED) is 0.442. The molecule has 1 N–H and O–H groups in total. The van der Waals surface area contributed by atoms with Crippen molar-refractivity contribution in [1.29, 1.82) is 0 Å². The molecule has 0 radical (unpaired) electrons. The fourth-order valence-corrected chi connectivity index (χ4v) is 3.28. The highest BCUT2D eigenvalue weighted by Gasteiger charge is 2.27. The lowest BCUT2D eigenvalue weighted by Crippen LogP contribution is -2.26. The maximum absolute atomic E-state index is 14.2. The van der Waals surface area contributed by atoms with Crippen LogP contribution in [0.3, 0.4) is 0 Å². The Balaban J connectivity index is 1.57. The second-order valence-electron chi connectivity index (χ2n) is 6.40. The first kappa shape index (κ1) is 19.3. The minimum absolute atomic E-state index is 0.297. The zero-order chi connectivity index (χ0) is 19.2. The number of carboxylic acids is 1. The van der Waals surface area contributed by atoms with E-state index in [-0.39, 0.29) is 5.92 Å². The van der Waals surface area contributed by atoms with Gasteiger partial charge < -0.3 is 9.94 Å². The van der Waals surface area contributed by atoms with Gasteiger partial charge in [0, 0.05) is 29.2 Å². The summed E-state index contributed by atoms with van der Waals surface area (Å²) in [7, 11) is 0. The first-order chi connectivity index (χ1) is 13.0. The van der Waals surface area contributed by atoms with Crippen LogP contribution in [0.4, 0.5) is 4.39 Å². The van der Waals surface area contributed by atoms with E-state index in [4.69, 9.17) is 21.5 Å². The van der Waals surface area contributed by atoms with Gasteiger partial charge in [-0.1, -0.05) is 41.0 Å². The normalized spacial score (nSPS) is 17.5. The molecule has 1 heterocycles. The molecule has 0 saturated carbocycles. The molecule has 2 aromatic rings. The van der Waals surface area contributed by atoms with Crippen LogP contribution in [-0.4, -0.2) is 48.4 Å². The summed E-state index contributed by atoms with van der Waals surface area (Å²) in [6, 6.07) is 11.9. The third-order valence-electron chi connectivity index (χ3n) is 4.57. The number of carbonyl (C=O) groups is 1. The van der Waals surface area contributed by atoms with E-state index in [1.54, 1.807) is 18.3 Å². The Kier molecular flexibility index (Phi) is 6.42. The van der Waals surface area contributed by atoms with Crippen LogP contribution in [0.15, 0.2) is 47.6 Å². The van der Waals surface area contributed by atoms with Crippen molar-refractivity contribution >= 4 is 23.8 Å². The number of rotatable bonds is 7. The predicted octanol–water partition coefficient (Wildman–Crippen LogP) is 3.90. The first-order valence-corrected chi connectivity index (χ1v) is 9.07. The first-order valence-electron chi connectivity index (χ1n) is 8.69. The number of hydrogen-bond acceptors (Lipinski definition) is 4. The maximum atomic E-state index is 14.2. The standard InChI is InChI=1S/C20H20ClFN2O3/c21-16-5-6-18(19(22)11-16)17-4-2-1-3-14(17)12-23-27-10-9-24-8-7-15(13-24)20(25)26/h1-6,11-12,15H,7-10,13H2,(H,25,26)/b23-12+. The Morgan fingerprint density at radius 3 is 2.89 bits per heavy atom. The van der Waals surface area contributed by atoms with Crippen molar-refractivity contribution in [1.82, 2.24) is 4.90 Å². The number of benzene rings is 2.